The van der Waals surface area contributed by atoms with E-state index in [0.717, 1.165) is 32.2 Å². The SMILES string of the molecule is CNC(C)CNC(=O)c1c(C)c(C2CC2)nc2ccc(Br)cc12.Cl.Cl. The fraction of sp³-hybridized carbons (Fsp3) is 0.444. The van der Waals surface area contributed by atoms with E-state index in [1.807, 2.05) is 39.1 Å². The first-order chi connectivity index (χ1) is 11.0. The average Bonchev–Trinajstić information content (AvgIpc) is 3.36. The van der Waals surface area contributed by atoms with E-state index in [1.54, 1.807) is 0 Å². The highest BCUT2D eigenvalue weighted by Gasteiger charge is 2.29. The maximum atomic E-state index is 12.8. The first-order valence-corrected chi connectivity index (χ1v) is 8.85. The van der Waals surface area contributed by atoms with Crippen LogP contribution in [0.25, 0.3) is 10.9 Å². The van der Waals surface area contributed by atoms with Crippen molar-refractivity contribution < 1.29 is 4.79 Å². The highest BCUT2D eigenvalue weighted by Crippen LogP contribution is 2.42. The third kappa shape index (κ3) is 4.85. The molecule has 1 aliphatic carbocycles. The first-order valence-electron chi connectivity index (χ1n) is 8.06. The van der Waals surface area contributed by atoms with Crippen molar-refractivity contribution >= 4 is 57.6 Å². The lowest BCUT2D eigenvalue weighted by Gasteiger charge is -2.16. The van der Waals surface area contributed by atoms with Crippen LogP contribution in [0.4, 0.5) is 0 Å². The van der Waals surface area contributed by atoms with Gasteiger partial charge in [0.25, 0.3) is 5.91 Å². The van der Waals surface area contributed by atoms with Gasteiger partial charge < -0.3 is 10.6 Å². The summed E-state index contributed by atoms with van der Waals surface area (Å²) in [6.07, 6.45) is 2.35. The summed E-state index contributed by atoms with van der Waals surface area (Å²) < 4.78 is 0.961. The molecule has 1 saturated carbocycles. The van der Waals surface area contributed by atoms with Gasteiger partial charge in [-0.15, -0.1) is 24.8 Å². The number of aromatic nitrogens is 1. The number of benzene rings is 1. The second-order valence-corrected chi connectivity index (χ2v) is 7.25. The van der Waals surface area contributed by atoms with Crippen LogP contribution in [0.15, 0.2) is 22.7 Å². The van der Waals surface area contributed by atoms with E-state index in [1.165, 1.54) is 12.8 Å². The van der Waals surface area contributed by atoms with Crippen LogP contribution < -0.4 is 10.6 Å². The van der Waals surface area contributed by atoms with Crippen LogP contribution in [0.2, 0.25) is 0 Å². The zero-order chi connectivity index (χ0) is 16.6. The highest BCUT2D eigenvalue weighted by atomic mass is 79.9. The van der Waals surface area contributed by atoms with Gasteiger partial charge in [-0.3, -0.25) is 9.78 Å². The van der Waals surface area contributed by atoms with Crippen molar-refractivity contribution in [2.24, 2.45) is 0 Å². The molecular weight excluding hydrogens is 425 g/mol. The fourth-order valence-electron chi connectivity index (χ4n) is 2.83. The molecule has 1 aliphatic rings. The number of rotatable bonds is 5. The summed E-state index contributed by atoms with van der Waals surface area (Å²) in [7, 11) is 1.90. The Bertz CT molecular complexity index is 766. The van der Waals surface area contributed by atoms with Gasteiger partial charge in [-0.2, -0.15) is 0 Å². The molecule has 1 heterocycles. The van der Waals surface area contributed by atoms with Crippen molar-refractivity contribution in [2.75, 3.05) is 13.6 Å². The Labute approximate surface area is 169 Å². The molecule has 0 radical (unpaired) electrons. The minimum atomic E-state index is -0.0167. The number of likely N-dealkylation sites (N-methyl/N-ethyl adjacent to an activating group) is 1. The highest BCUT2D eigenvalue weighted by molar-refractivity contribution is 9.10. The van der Waals surface area contributed by atoms with Gasteiger partial charge in [-0.25, -0.2) is 0 Å². The van der Waals surface area contributed by atoms with Crippen LogP contribution in [0.5, 0.6) is 0 Å². The Kier molecular flexibility index (Phi) is 8.13. The predicted octanol–water partition coefficient (Wildman–Crippen LogP) is 4.36. The van der Waals surface area contributed by atoms with Crippen LogP contribution in [0.3, 0.4) is 0 Å². The van der Waals surface area contributed by atoms with Gasteiger partial charge in [0.05, 0.1) is 11.1 Å². The largest absolute Gasteiger partial charge is 0.350 e. The van der Waals surface area contributed by atoms with Crippen LogP contribution >= 0.6 is 40.7 Å². The predicted molar refractivity (Wildman–Crippen MR) is 112 cm³/mol. The molecule has 0 aliphatic heterocycles. The molecule has 7 heteroatoms. The van der Waals surface area contributed by atoms with Gasteiger partial charge in [-0.05, 0) is 57.5 Å². The van der Waals surface area contributed by atoms with Gasteiger partial charge in [0.1, 0.15) is 0 Å². The van der Waals surface area contributed by atoms with Crippen molar-refractivity contribution in [1.29, 1.82) is 0 Å². The van der Waals surface area contributed by atoms with E-state index >= 15 is 0 Å². The molecule has 1 atom stereocenters. The number of amides is 1. The molecule has 0 saturated heterocycles. The number of fused-ring (bicyclic) bond motifs is 1. The summed E-state index contributed by atoms with van der Waals surface area (Å²) in [5, 5.41) is 7.09. The van der Waals surface area contributed by atoms with Gasteiger partial charge in [-0.1, -0.05) is 15.9 Å². The normalized spacial score (nSPS) is 14.4. The number of carbonyl (C=O) groups excluding carboxylic acids is 1. The molecule has 4 nitrogen and oxygen atoms in total. The van der Waals surface area contributed by atoms with Gasteiger partial charge in [0.2, 0.25) is 0 Å². The lowest BCUT2D eigenvalue weighted by molar-refractivity contribution is 0.0951. The molecule has 25 heavy (non-hydrogen) atoms. The summed E-state index contributed by atoms with van der Waals surface area (Å²) in [5.41, 5.74) is 3.77. The standard InChI is InChI=1S/C18H22BrN3O.2ClH/c1-10(20-3)9-21-18(23)16-11(2)17(12-4-5-12)22-15-7-6-13(19)8-14(15)16;;/h6-8,10,12,20H,4-5,9H2,1-3H3,(H,21,23);2*1H. The monoisotopic (exact) mass is 447 g/mol. The van der Waals surface area contributed by atoms with Crippen molar-refractivity contribution in [3.05, 3.63) is 39.5 Å². The summed E-state index contributed by atoms with van der Waals surface area (Å²) in [4.78, 5) is 17.6. The topological polar surface area (TPSA) is 54.0 Å². The molecule has 1 aromatic heterocycles. The van der Waals surface area contributed by atoms with Crippen molar-refractivity contribution in [2.45, 2.75) is 38.6 Å². The van der Waals surface area contributed by atoms with Crippen molar-refractivity contribution in [3.63, 3.8) is 0 Å². The molecule has 2 N–H and O–H groups in total. The third-order valence-corrected chi connectivity index (χ3v) is 4.97. The Morgan fingerprint density at radius 1 is 1.36 bits per heavy atom. The van der Waals surface area contributed by atoms with E-state index in [-0.39, 0.29) is 36.8 Å². The zero-order valence-electron chi connectivity index (χ0n) is 14.6. The maximum absolute atomic E-state index is 12.8. The minimum Gasteiger partial charge on any atom is -0.350 e. The number of nitrogens with one attached hydrogen (secondary N) is 2. The number of halogens is 3. The molecular formula is C18H24BrCl2N3O. The van der Waals surface area contributed by atoms with Gasteiger partial charge >= 0.3 is 0 Å². The number of hydrogen-bond donors (Lipinski definition) is 2. The van der Waals surface area contributed by atoms with E-state index < -0.39 is 0 Å². The minimum absolute atomic E-state index is 0. The molecule has 0 bridgehead atoms. The van der Waals surface area contributed by atoms with E-state index in [9.17, 15) is 4.79 Å². The molecule has 1 amide bonds. The summed E-state index contributed by atoms with van der Waals surface area (Å²) >= 11 is 3.50. The quantitative estimate of drug-likeness (QED) is 0.714. The van der Waals surface area contributed by atoms with Crippen LogP contribution in [-0.2, 0) is 0 Å². The molecule has 1 aromatic carbocycles. The fourth-order valence-corrected chi connectivity index (χ4v) is 3.19. The lowest BCUT2D eigenvalue weighted by Crippen LogP contribution is -2.37. The molecule has 1 unspecified atom stereocenters. The first kappa shape index (κ1) is 22.2. The van der Waals surface area contributed by atoms with Crippen molar-refractivity contribution in [1.82, 2.24) is 15.6 Å². The number of hydrogen-bond acceptors (Lipinski definition) is 3. The Morgan fingerprint density at radius 3 is 2.64 bits per heavy atom. The summed E-state index contributed by atoms with van der Waals surface area (Å²) in [6.45, 7) is 4.67. The van der Waals surface area contributed by atoms with Crippen LogP contribution in [0, 0.1) is 6.92 Å². The maximum Gasteiger partial charge on any atom is 0.252 e. The second-order valence-electron chi connectivity index (χ2n) is 6.33. The van der Waals surface area contributed by atoms with Gasteiger partial charge in [0, 0.05) is 34.1 Å². The Balaban J connectivity index is 0.00000156. The Morgan fingerprint density at radius 2 is 2.04 bits per heavy atom. The summed E-state index contributed by atoms with van der Waals surface area (Å²) in [6, 6.07) is 6.19. The van der Waals surface area contributed by atoms with Gasteiger partial charge in [0.15, 0.2) is 0 Å². The van der Waals surface area contributed by atoms with Crippen LogP contribution in [-0.4, -0.2) is 30.5 Å². The Hall–Kier alpha value is -0.880. The van der Waals surface area contributed by atoms with Crippen LogP contribution in [0.1, 0.15) is 47.3 Å². The van der Waals surface area contributed by atoms with E-state index in [2.05, 4.69) is 26.6 Å². The third-order valence-electron chi connectivity index (χ3n) is 4.48. The van der Waals surface area contributed by atoms with Crippen molar-refractivity contribution in [3.8, 4) is 0 Å². The van der Waals surface area contributed by atoms with E-state index in [0.29, 0.717) is 12.5 Å². The molecule has 0 spiro atoms. The smallest absolute Gasteiger partial charge is 0.252 e. The number of carbonyl (C=O) groups is 1. The summed E-state index contributed by atoms with van der Waals surface area (Å²) in [5.74, 6) is 0.503. The second kappa shape index (κ2) is 9.17. The number of nitrogens with zero attached hydrogens (tertiary/aromatic N) is 1. The molecule has 2 aromatic rings. The average molecular weight is 449 g/mol. The molecule has 3 rings (SSSR count). The lowest BCUT2D eigenvalue weighted by atomic mass is 9.98. The molecule has 1 fully saturated rings. The zero-order valence-corrected chi connectivity index (χ0v) is 17.8. The molecule has 138 valence electrons. The van der Waals surface area contributed by atoms with E-state index in [4.69, 9.17) is 4.98 Å². The number of pyridine rings is 1.